The molecule has 0 aliphatic carbocycles. The van der Waals surface area contributed by atoms with Gasteiger partial charge in [0.2, 0.25) is 0 Å². The molecule has 4 unspecified atom stereocenters. The molecule has 0 aromatic rings. The summed E-state index contributed by atoms with van der Waals surface area (Å²) in [7, 11) is 0. The summed E-state index contributed by atoms with van der Waals surface area (Å²) in [6.07, 6.45) is -1.73. The van der Waals surface area contributed by atoms with Crippen LogP contribution in [0.25, 0.3) is 0 Å². The van der Waals surface area contributed by atoms with E-state index < -0.39 is 17.8 Å². The Morgan fingerprint density at radius 3 is 1.95 bits per heavy atom. The van der Waals surface area contributed by atoms with E-state index >= 15 is 0 Å². The van der Waals surface area contributed by atoms with E-state index in [1.54, 1.807) is 0 Å². The second kappa shape index (κ2) is 6.60. The van der Waals surface area contributed by atoms with Crippen LogP contribution in [0.4, 0.5) is 0 Å². The minimum absolute atomic E-state index is 0.00794. The smallest absolute Gasteiger partial charge is 0.316 e. The molecule has 1 aliphatic rings. The highest BCUT2D eigenvalue weighted by molar-refractivity contribution is 14.1. The van der Waals surface area contributed by atoms with E-state index in [2.05, 4.69) is 13.8 Å². The Kier molecular flexibility index (Phi) is 6.14. The lowest BCUT2D eigenvalue weighted by molar-refractivity contribution is -0.157. The normalized spacial score (nSPS) is 27.0. The minimum atomic E-state index is -0.919. The Morgan fingerprint density at radius 1 is 1.11 bits per heavy atom. The first-order valence-corrected chi connectivity index (χ1v) is 7.83. The zero-order chi connectivity index (χ0) is 15.0. The van der Waals surface area contributed by atoms with E-state index in [1.165, 1.54) is 0 Å². The van der Waals surface area contributed by atoms with Crippen LogP contribution in [0.5, 0.6) is 0 Å². The Labute approximate surface area is 131 Å². The summed E-state index contributed by atoms with van der Waals surface area (Å²) in [5.41, 5.74) is -0.770. The first-order chi connectivity index (χ1) is 8.63. The lowest BCUT2D eigenvalue weighted by atomic mass is 9.81. The molecule has 1 aliphatic heterocycles. The third-order valence-corrected chi connectivity index (χ3v) is 4.49. The van der Waals surface area contributed by atoms with Crippen molar-refractivity contribution >= 4 is 29.9 Å². The fourth-order valence-corrected chi connectivity index (χ4v) is 3.67. The fraction of sp³-hybridized carbons (Fsp3) is 1.00. The first kappa shape index (κ1) is 17.7. The van der Waals surface area contributed by atoms with Crippen LogP contribution < -0.4 is 0 Å². The van der Waals surface area contributed by atoms with Crippen LogP contribution in [0.1, 0.15) is 41.5 Å². The van der Waals surface area contributed by atoms with Crippen LogP contribution in [-0.2, 0) is 7.72 Å². The van der Waals surface area contributed by atoms with E-state index in [1.807, 2.05) is 50.7 Å². The van der Waals surface area contributed by atoms with Crippen molar-refractivity contribution in [3.63, 3.8) is 0 Å². The van der Waals surface area contributed by atoms with Crippen LogP contribution in [0.3, 0.4) is 0 Å². The maximum Gasteiger partial charge on any atom is 0.316 e. The van der Waals surface area contributed by atoms with Gasteiger partial charge in [-0.15, -0.1) is 0 Å². The van der Waals surface area contributed by atoms with Crippen LogP contribution in [-0.4, -0.2) is 41.0 Å². The number of rotatable bonds is 7. The van der Waals surface area contributed by atoms with Gasteiger partial charge in [0.25, 0.3) is 0 Å². The minimum Gasteiger partial charge on any atom is -0.391 e. The molecule has 6 heteroatoms. The van der Waals surface area contributed by atoms with Crippen molar-refractivity contribution in [1.29, 1.82) is 0 Å². The predicted molar refractivity (Wildman–Crippen MR) is 85.5 cm³/mol. The van der Waals surface area contributed by atoms with Crippen molar-refractivity contribution in [3.8, 4) is 0 Å². The highest BCUT2D eigenvalue weighted by Gasteiger charge is 2.63. The zero-order valence-electron chi connectivity index (χ0n) is 12.6. The lowest BCUT2D eigenvalue weighted by Crippen LogP contribution is -2.48. The van der Waals surface area contributed by atoms with E-state index in [0.29, 0.717) is 11.7 Å². The third-order valence-electron chi connectivity index (χ3n) is 3.90. The second-order valence-corrected chi connectivity index (χ2v) is 7.17. The summed E-state index contributed by atoms with van der Waals surface area (Å²) in [6, 6.07) is 0. The van der Waals surface area contributed by atoms with Gasteiger partial charge >= 0.3 is 6.92 Å². The van der Waals surface area contributed by atoms with Crippen LogP contribution in [0, 0.1) is 5.92 Å². The van der Waals surface area contributed by atoms with Crippen molar-refractivity contribution in [1.82, 2.24) is 0 Å². The quantitative estimate of drug-likeness (QED) is 0.524. The molecule has 0 aromatic carbocycles. The molecule has 1 fully saturated rings. The van der Waals surface area contributed by atoms with E-state index in [-0.39, 0.29) is 18.8 Å². The van der Waals surface area contributed by atoms with E-state index in [4.69, 9.17) is 7.72 Å². The van der Waals surface area contributed by atoms with Crippen molar-refractivity contribution < 1.29 is 17.9 Å². The van der Waals surface area contributed by atoms with Crippen LogP contribution in [0.2, 0.25) is 11.6 Å². The number of halogens is 1. The van der Waals surface area contributed by atoms with Gasteiger partial charge in [-0.1, -0.05) is 13.8 Å². The SMILES string of the molecule is CC(C)OC(C)(C)C(O)C(O)C1B(OI)C1C(C)C. The molecule has 0 amide bonds. The number of aliphatic hydroxyl groups is 2. The molecule has 4 nitrogen and oxygen atoms in total. The van der Waals surface area contributed by atoms with Gasteiger partial charge in [-0.25, -0.2) is 0 Å². The molecule has 0 bridgehead atoms. The first-order valence-electron chi connectivity index (χ1n) is 6.94. The molecule has 2 N–H and O–H groups in total. The molecular formula is C13H26BIO4. The molecule has 1 rings (SSSR count). The third kappa shape index (κ3) is 4.06. The fourth-order valence-electron chi connectivity index (χ4n) is 2.99. The summed E-state index contributed by atoms with van der Waals surface area (Å²) >= 11 is 1.88. The molecule has 0 radical (unpaired) electrons. The predicted octanol–water partition coefficient (Wildman–Crippen LogP) is 2.68. The van der Waals surface area contributed by atoms with Crippen molar-refractivity contribution in [2.75, 3.05) is 0 Å². The maximum atomic E-state index is 10.4. The highest BCUT2D eigenvalue weighted by atomic mass is 127. The van der Waals surface area contributed by atoms with Gasteiger partial charge in [-0.2, -0.15) is 0 Å². The largest absolute Gasteiger partial charge is 0.391 e. The van der Waals surface area contributed by atoms with Gasteiger partial charge in [0.15, 0.2) is 0 Å². The molecule has 19 heavy (non-hydrogen) atoms. The summed E-state index contributed by atoms with van der Waals surface area (Å²) in [5.74, 6) is 0.721. The van der Waals surface area contributed by atoms with Crippen molar-refractivity contribution in [2.45, 2.75) is 77.1 Å². The molecule has 0 saturated carbocycles. The van der Waals surface area contributed by atoms with Crippen LogP contribution >= 0.6 is 23.0 Å². The van der Waals surface area contributed by atoms with Gasteiger partial charge in [-0.3, -0.25) is 0 Å². The maximum absolute atomic E-state index is 10.4. The Morgan fingerprint density at radius 2 is 1.63 bits per heavy atom. The van der Waals surface area contributed by atoms with Gasteiger partial charge in [0.1, 0.15) is 6.10 Å². The monoisotopic (exact) mass is 384 g/mol. The highest BCUT2D eigenvalue weighted by Crippen LogP contribution is 2.58. The second-order valence-electron chi connectivity index (χ2n) is 6.66. The number of aliphatic hydroxyl groups excluding tert-OH is 2. The summed E-state index contributed by atoms with van der Waals surface area (Å²) in [5, 5.41) is 20.8. The molecule has 1 saturated heterocycles. The van der Waals surface area contributed by atoms with Crippen LogP contribution in [0.15, 0.2) is 0 Å². The number of ether oxygens (including phenoxy) is 1. The number of hydrogen-bond donors (Lipinski definition) is 2. The Bertz CT molecular complexity index is 298. The van der Waals surface area contributed by atoms with Gasteiger partial charge in [0, 0.05) is 0 Å². The Hall–Kier alpha value is 0.635. The number of hydrogen-bond acceptors (Lipinski definition) is 4. The van der Waals surface area contributed by atoms with Crippen molar-refractivity contribution in [2.24, 2.45) is 5.92 Å². The van der Waals surface area contributed by atoms with Gasteiger partial charge < -0.3 is 17.9 Å². The Balaban J connectivity index is 2.70. The summed E-state index contributed by atoms with van der Waals surface area (Å²) in [4.78, 5) is 0. The molecule has 0 spiro atoms. The molecule has 0 aromatic heterocycles. The van der Waals surface area contributed by atoms with Crippen molar-refractivity contribution in [3.05, 3.63) is 0 Å². The average molecular weight is 384 g/mol. The van der Waals surface area contributed by atoms with Gasteiger partial charge in [0.05, 0.1) is 40.8 Å². The summed E-state index contributed by atoms with van der Waals surface area (Å²) < 4.78 is 11.1. The molecule has 112 valence electrons. The average Bonchev–Trinajstić information content (AvgIpc) is 2.99. The molecule has 4 atom stereocenters. The van der Waals surface area contributed by atoms with E-state index in [9.17, 15) is 10.2 Å². The molecular weight excluding hydrogens is 358 g/mol. The van der Waals surface area contributed by atoms with E-state index in [0.717, 1.165) is 0 Å². The van der Waals surface area contributed by atoms with Gasteiger partial charge in [-0.05, 0) is 45.2 Å². The lowest BCUT2D eigenvalue weighted by Gasteiger charge is -2.35. The molecule has 1 heterocycles. The standard InChI is InChI=1S/C13H26BIO4/c1-7(2)9-10(14(9)19-15)11(16)12(17)13(5,6)18-8(3)4/h7-12,16-17H,1-6H3. The summed E-state index contributed by atoms with van der Waals surface area (Å²) in [6.45, 7) is 11.7. The topological polar surface area (TPSA) is 58.9 Å². The zero-order valence-corrected chi connectivity index (χ0v) is 14.8.